The average Bonchev–Trinajstić information content (AvgIpc) is 2.52. The fraction of sp³-hybridized carbons (Fsp3) is 0.364. The summed E-state index contributed by atoms with van der Waals surface area (Å²) in [6, 6.07) is 5.72. The molecule has 0 radical (unpaired) electrons. The van der Waals surface area contributed by atoms with E-state index in [1.165, 1.54) is 0 Å². The summed E-state index contributed by atoms with van der Waals surface area (Å²) in [5, 5.41) is 8.78. The number of aliphatic hydroxyl groups excluding tert-OH is 1. The molecule has 2 aromatic rings. The first-order valence-electron chi connectivity index (χ1n) is 5.04. The first kappa shape index (κ1) is 9.98. The normalized spacial score (nSPS) is 11.1. The van der Waals surface area contributed by atoms with E-state index < -0.39 is 0 Å². The molecule has 2 rings (SSSR count). The molecule has 4 nitrogen and oxygen atoms in total. The number of fused-ring (bicyclic) bond motifs is 1. The quantitative estimate of drug-likeness (QED) is 0.737. The Bertz CT molecular complexity index is 476. The zero-order chi connectivity index (χ0) is 10.8. The second-order valence-electron chi connectivity index (χ2n) is 3.66. The van der Waals surface area contributed by atoms with Gasteiger partial charge in [-0.25, -0.2) is 4.98 Å². The molecule has 0 aliphatic heterocycles. The minimum atomic E-state index is 0.200. The number of hydrogen-bond donors (Lipinski definition) is 2. The van der Waals surface area contributed by atoms with Gasteiger partial charge in [-0.3, -0.25) is 0 Å². The van der Waals surface area contributed by atoms with Crippen molar-refractivity contribution in [2.75, 3.05) is 12.3 Å². The lowest BCUT2D eigenvalue weighted by atomic mass is 10.3. The van der Waals surface area contributed by atoms with E-state index in [-0.39, 0.29) is 6.61 Å². The van der Waals surface area contributed by atoms with Gasteiger partial charge in [-0.1, -0.05) is 0 Å². The van der Waals surface area contributed by atoms with Gasteiger partial charge >= 0.3 is 0 Å². The third-order valence-corrected chi connectivity index (χ3v) is 2.56. The van der Waals surface area contributed by atoms with E-state index in [1.807, 2.05) is 29.8 Å². The number of anilines is 1. The van der Waals surface area contributed by atoms with Crippen LogP contribution in [0, 0.1) is 0 Å². The minimum absolute atomic E-state index is 0.200. The molecule has 3 N–H and O–H groups in total. The predicted octanol–water partition coefficient (Wildman–Crippen LogP) is 1.08. The Labute approximate surface area is 88.3 Å². The topological polar surface area (TPSA) is 64.1 Å². The largest absolute Gasteiger partial charge is 0.399 e. The third-order valence-electron chi connectivity index (χ3n) is 2.56. The maximum atomic E-state index is 8.78. The van der Waals surface area contributed by atoms with Gasteiger partial charge in [0.25, 0.3) is 0 Å². The highest BCUT2D eigenvalue weighted by molar-refractivity contribution is 5.79. The van der Waals surface area contributed by atoms with Crippen LogP contribution in [0.15, 0.2) is 18.2 Å². The van der Waals surface area contributed by atoms with Gasteiger partial charge in [-0.15, -0.1) is 0 Å². The lowest BCUT2D eigenvalue weighted by Crippen LogP contribution is -1.99. The summed E-state index contributed by atoms with van der Waals surface area (Å²) in [6.45, 7) is 0.200. The SMILES string of the molecule is Cn1c(CCCO)nc2cc(N)ccc21. The second kappa shape index (κ2) is 3.90. The van der Waals surface area contributed by atoms with Crippen LogP contribution in [-0.2, 0) is 13.5 Å². The number of aromatic nitrogens is 2. The Morgan fingerprint density at radius 1 is 1.47 bits per heavy atom. The lowest BCUT2D eigenvalue weighted by Gasteiger charge is -2.00. The van der Waals surface area contributed by atoms with Gasteiger partial charge in [0, 0.05) is 25.8 Å². The number of nitrogens with two attached hydrogens (primary N) is 1. The molecule has 0 saturated carbocycles. The summed E-state index contributed by atoms with van der Waals surface area (Å²) in [6.07, 6.45) is 1.54. The second-order valence-corrected chi connectivity index (χ2v) is 3.66. The van der Waals surface area contributed by atoms with Gasteiger partial charge in [-0.2, -0.15) is 0 Å². The molecule has 1 heterocycles. The van der Waals surface area contributed by atoms with Crippen LogP contribution in [0.4, 0.5) is 5.69 Å². The highest BCUT2D eigenvalue weighted by Crippen LogP contribution is 2.18. The maximum absolute atomic E-state index is 8.78. The van der Waals surface area contributed by atoms with Crippen LogP contribution >= 0.6 is 0 Å². The molecule has 0 aliphatic rings. The summed E-state index contributed by atoms with van der Waals surface area (Å²) >= 11 is 0. The number of aryl methyl sites for hydroxylation is 2. The number of rotatable bonds is 3. The maximum Gasteiger partial charge on any atom is 0.109 e. The van der Waals surface area contributed by atoms with Crippen LogP contribution in [0.5, 0.6) is 0 Å². The molecule has 0 unspecified atom stereocenters. The van der Waals surface area contributed by atoms with Crippen molar-refractivity contribution in [3.05, 3.63) is 24.0 Å². The fourth-order valence-electron chi connectivity index (χ4n) is 1.73. The van der Waals surface area contributed by atoms with Gasteiger partial charge < -0.3 is 15.4 Å². The zero-order valence-corrected chi connectivity index (χ0v) is 8.77. The van der Waals surface area contributed by atoms with Crippen molar-refractivity contribution in [3.8, 4) is 0 Å². The van der Waals surface area contributed by atoms with Crippen LogP contribution < -0.4 is 5.73 Å². The molecule has 15 heavy (non-hydrogen) atoms. The zero-order valence-electron chi connectivity index (χ0n) is 8.77. The van der Waals surface area contributed by atoms with Crippen LogP contribution in [0.25, 0.3) is 11.0 Å². The van der Waals surface area contributed by atoms with Crippen LogP contribution in [0.2, 0.25) is 0 Å². The molecule has 0 fully saturated rings. The van der Waals surface area contributed by atoms with Crippen molar-refractivity contribution >= 4 is 16.7 Å². The lowest BCUT2D eigenvalue weighted by molar-refractivity contribution is 0.287. The minimum Gasteiger partial charge on any atom is -0.399 e. The van der Waals surface area contributed by atoms with Gasteiger partial charge in [0.15, 0.2) is 0 Å². The summed E-state index contributed by atoms with van der Waals surface area (Å²) in [7, 11) is 1.98. The molecular weight excluding hydrogens is 190 g/mol. The van der Waals surface area contributed by atoms with E-state index in [0.29, 0.717) is 0 Å². The van der Waals surface area contributed by atoms with Crippen molar-refractivity contribution in [2.45, 2.75) is 12.8 Å². The van der Waals surface area contributed by atoms with Crippen LogP contribution in [0.3, 0.4) is 0 Å². The Hall–Kier alpha value is -1.55. The number of imidazole rings is 1. The number of nitrogens with zero attached hydrogens (tertiary/aromatic N) is 2. The van der Waals surface area contributed by atoms with E-state index in [0.717, 1.165) is 35.4 Å². The molecule has 0 atom stereocenters. The molecule has 0 spiro atoms. The Morgan fingerprint density at radius 3 is 3.00 bits per heavy atom. The highest BCUT2D eigenvalue weighted by Gasteiger charge is 2.06. The van der Waals surface area contributed by atoms with Crippen molar-refractivity contribution < 1.29 is 5.11 Å². The average molecular weight is 205 g/mol. The van der Waals surface area contributed by atoms with E-state index in [9.17, 15) is 0 Å². The number of nitrogen functional groups attached to an aromatic ring is 1. The van der Waals surface area contributed by atoms with E-state index in [4.69, 9.17) is 10.8 Å². The number of aliphatic hydroxyl groups is 1. The molecule has 80 valence electrons. The van der Waals surface area contributed by atoms with Gasteiger partial charge in [0.2, 0.25) is 0 Å². The Kier molecular flexibility index (Phi) is 2.60. The molecule has 0 bridgehead atoms. The molecule has 1 aromatic heterocycles. The summed E-state index contributed by atoms with van der Waals surface area (Å²) in [5.41, 5.74) is 8.43. The standard InChI is InChI=1S/C11H15N3O/c1-14-10-5-4-8(12)7-9(10)13-11(14)3-2-6-15/h4-5,7,15H,2-3,6,12H2,1H3. The van der Waals surface area contributed by atoms with Crippen LogP contribution in [0.1, 0.15) is 12.2 Å². The smallest absolute Gasteiger partial charge is 0.109 e. The third kappa shape index (κ3) is 1.80. The van der Waals surface area contributed by atoms with Gasteiger partial charge in [-0.05, 0) is 24.6 Å². The summed E-state index contributed by atoms with van der Waals surface area (Å²) in [5.74, 6) is 0.990. The predicted molar refractivity (Wildman–Crippen MR) is 60.5 cm³/mol. The summed E-state index contributed by atoms with van der Waals surface area (Å²) in [4.78, 5) is 4.48. The Morgan fingerprint density at radius 2 is 2.27 bits per heavy atom. The highest BCUT2D eigenvalue weighted by atomic mass is 16.2. The number of benzene rings is 1. The van der Waals surface area contributed by atoms with Crippen molar-refractivity contribution in [1.29, 1.82) is 0 Å². The molecule has 0 saturated heterocycles. The summed E-state index contributed by atoms with van der Waals surface area (Å²) < 4.78 is 2.05. The van der Waals surface area contributed by atoms with Crippen molar-refractivity contribution in [3.63, 3.8) is 0 Å². The van der Waals surface area contributed by atoms with E-state index in [2.05, 4.69) is 4.98 Å². The molecule has 4 heteroatoms. The van der Waals surface area contributed by atoms with Crippen LogP contribution in [-0.4, -0.2) is 21.3 Å². The molecule has 0 aliphatic carbocycles. The molecule has 1 aromatic carbocycles. The first-order chi connectivity index (χ1) is 7.22. The Balaban J connectivity index is 2.44. The molecular formula is C11H15N3O. The first-order valence-corrected chi connectivity index (χ1v) is 5.04. The number of hydrogen-bond acceptors (Lipinski definition) is 3. The van der Waals surface area contributed by atoms with E-state index >= 15 is 0 Å². The molecule has 0 amide bonds. The fourth-order valence-corrected chi connectivity index (χ4v) is 1.73. The van der Waals surface area contributed by atoms with Gasteiger partial charge in [0.05, 0.1) is 11.0 Å². The van der Waals surface area contributed by atoms with E-state index in [1.54, 1.807) is 0 Å². The van der Waals surface area contributed by atoms with Gasteiger partial charge in [0.1, 0.15) is 5.82 Å². The van der Waals surface area contributed by atoms with Crippen molar-refractivity contribution in [2.24, 2.45) is 7.05 Å². The monoisotopic (exact) mass is 205 g/mol. The van der Waals surface area contributed by atoms with Crippen molar-refractivity contribution in [1.82, 2.24) is 9.55 Å².